The van der Waals surface area contributed by atoms with Crippen molar-refractivity contribution >= 4 is 24.0 Å². The zero-order valence-corrected chi connectivity index (χ0v) is 18.5. The summed E-state index contributed by atoms with van der Waals surface area (Å²) < 4.78 is 18.6. The normalized spacial score (nSPS) is 10.2. The van der Waals surface area contributed by atoms with Crippen molar-refractivity contribution in [1.82, 2.24) is 25.5 Å². The molecule has 4 rings (SSSR count). The van der Waals surface area contributed by atoms with Crippen LogP contribution in [0.5, 0.6) is 5.75 Å². The largest absolute Gasteiger partial charge is 0.496 e. The van der Waals surface area contributed by atoms with Gasteiger partial charge in [-0.3, -0.25) is 5.10 Å². The van der Waals surface area contributed by atoms with Crippen LogP contribution in [0.4, 0.5) is 16.0 Å². The summed E-state index contributed by atoms with van der Waals surface area (Å²) >= 11 is 0. The maximum atomic E-state index is 13.0. The molecule has 0 atom stereocenters. The average molecular weight is 466 g/mol. The van der Waals surface area contributed by atoms with Gasteiger partial charge in [0.1, 0.15) is 23.5 Å². The molecule has 0 spiro atoms. The van der Waals surface area contributed by atoms with Gasteiger partial charge in [0.05, 0.1) is 25.2 Å². The maximum Gasteiger partial charge on any atom is 0.158 e. The molecule has 0 fully saturated rings. The first-order valence-electron chi connectivity index (χ1n) is 9.81. The molecule has 0 aliphatic carbocycles. The average Bonchev–Trinajstić information content (AvgIpc) is 3.29. The minimum Gasteiger partial charge on any atom is -0.496 e. The van der Waals surface area contributed by atoms with E-state index in [9.17, 15) is 4.39 Å². The Hall–Kier alpha value is -4.00. The number of hydrogen-bond acceptors (Lipinski definition) is 7. The third-order valence-electron chi connectivity index (χ3n) is 4.73. The maximum absolute atomic E-state index is 13.0. The van der Waals surface area contributed by atoms with E-state index in [0.717, 1.165) is 22.4 Å². The molecule has 8 nitrogen and oxygen atoms in total. The van der Waals surface area contributed by atoms with E-state index >= 15 is 0 Å². The number of halogens is 2. The lowest BCUT2D eigenvalue weighted by Crippen LogP contribution is -2.12. The van der Waals surface area contributed by atoms with Crippen LogP contribution in [-0.2, 0) is 13.1 Å². The molecule has 0 bridgehead atoms. The molecule has 33 heavy (non-hydrogen) atoms. The Morgan fingerprint density at radius 2 is 1.76 bits per heavy atom. The van der Waals surface area contributed by atoms with Crippen molar-refractivity contribution in [3.05, 3.63) is 83.6 Å². The summed E-state index contributed by atoms with van der Waals surface area (Å²) in [5.74, 6) is 1.51. The van der Waals surface area contributed by atoms with Crippen LogP contribution in [0.2, 0.25) is 0 Å². The van der Waals surface area contributed by atoms with Crippen molar-refractivity contribution in [2.75, 3.05) is 12.4 Å². The Morgan fingerprint density at radius 1 is 1.00 bits per heavy atom. The highest BCUT2D eigenvalue weighted by Crippen LogP contribution is 2.31. The Balaban J connectivity index is 0.00000306. The summed E-state index contributed by atoms with van der Waals surface area (Å²) in [4.78, 5) is 8.10. The molecule has 168 valence electrons. The number of nitriles is 1. The molecule has 0 radical (unpaired) electrons. The third-order valence-corrected chi connectivity index (χ3v) is 4.73. The Bertz CT molecular complexity index is 1240. The fraction of sp³-hybridized carbons (Fsp3) is 0.130. The van der Waals surface area contributed by atoms with E-state index in [1.807, 2.05) is 30.3 Å². The van der Waals surface area contributed by atoms with Gasteiger partial charge in [-0.15, -0.1) is 12.4 Å². The Labute approximate surface area is 196 Å². The zero-order chi connectivity index (χ0) is 22.3. The molecule has 0 aliphatic rings. The Kier molecular flexibility index (Phi) is 7.91. The number of rotatable bonds is 8. The van der Waals surface area contributed by atoms with E-state index in [0.29, 0.717) is 30.5 Å². The lowest BCUT2D eigenvalue weighted by molar-refractivity contribution is 0.415. The number of aromatic nitrogens is 4. The second kappa shape index (κ2) is 11.0. The van der Waals surface area contributed by atoms with Crippen molar-refractivity contribution in [1.29, 1.82) is 5.26 Å². The lowest BCUT2D eigenvalue weighted by atomic mass is 10.1. The first kappa shape index (κ1) is 23.7. The smallest absolute Gasteiger partial charge is 0.158 e. The summed E-state index contributed by atoms with van der Waals surface area (Å²) in [6.07, 6.45) is 2.86. The predicted molar refractivity (Wildman–Crippen MR) is 125 cm³/mol. The van der Waals surface area contributed by atoms with E-state index in [1.165, 1.54) is 24.5 Å². The minimum atomic E-state index is -0.240. The number of benzene rings is 2. The van der Waals surface area contributed by atoms with Gasteiger partial charge in [-0.1, -0.05) is 18.2 Å². The summed E-state index contributed by atoms with van der Waals surface area (Å²) in [5.41, 5.74) is 3.95. The van der Waals surface area contributed by atoms with Gasteiger partial charge in [0.25, 0.3) is 0 Å². The van der Waals surface area contributed by atoms with Crippen LogP contribution in [0, 0.1) is 17.1 Å². The molecule has 0 amide bonds. The van der Waals surface area contributed by atoms with Gasteiger partial charge in [-0.25, -0.2) is 14.4 Å². The minimum absolute atomic E-state index is 0. The van der Waals surface area contributed by atoms with E-state index in [2.05, 4.69) is 30.8 Å². The van der Waals surface area contributed by atoms with Crippen LogP contribution in [0.1, 0.15) is 16.8 Å². The van der Waals surface area contributed by atoms with Crippen molar-refractivity contribution in [2.24, 2.45) is 0 Å². The van der Waals surface area contributed by atoms with Gasteiger partial charge < -0.3 is 15.4 Å². The molecule has 0 aliphatic heterocycles. The zero-order valence-electron chi connectivity index (χ0n) is 17.7. The number of nitrogens with zero attached hydrogens (tertiary/aromatic N) is 4. The van der Waals surface area contributed by atoms with Crippen LogP contribution in [0.25, 0.3) is 11.3 Å². The summed E-state index contributed by atoms with van der Waals surface area (Å²) in [6.45, 7) is 1.28. The number of hydrogen-bond donors (Lipinski definition) is 3. The highest BCUT2D eigenvalue weighted by atomic mass is 35.5. The van der Waals surface area contributed by atoms with Crippen molar-refractivity contribution in [3.8, 4) is 23.1 Å². The van der Waals surface area contributed by atoms with Crippen molar-refractivity contribution < 1.29 is 9.13 Å². The molecule has 0 saturated heterocycles. The fourth-order valence-electron chi connectivity index (χ4n) is 3.13. The molecule has 2 aromatic carbocycles. The first-order valence-corrected chi connectivity index (χ1v) is 9.81. The quantitative estimate of drug-likeness (QED) is 0.355. The van der Waals surface area contributed by atoms with Gasteiger partial charge in [-0.2, -0.15) is 10.4 Å². The van der Waals surface area contributed by atoms with Gasteiger partial charge in [0.2, 0.25) is 0 Å². The number of ether oxygens (including phenoxy) is 1. The summed E-state index contributed by atoms with van der Waals surface area (Å²) in [6, 6.07) is 16.1. The number of methoxy groups -OCH3 is 1. The summed E-state index contributed by atoms with van der Waals surface area (Å²) in [7, 11) is 1.62. The first-order chi connectivity index (χ1) is 15.6. The van der Waals surface area contributed by atoms with Gasteiger partial charge >= 0.3 is 0 Å². The summed E-state index contributed by atoms with van der Waals surface area (Å²) in [5, 5.41) is 22.4. The lowest BCUT2D eigenvalue weighted by Gasteiger charge is -2.10. The second-order valence-electron chi connectivity index (χ2n) is 6.96. The SMILES string of the molecule is COc1cc(CNCc2ccc(F)cc2)ccc1-c1cc(Nc2cnc(C#N)cn2)n[nH]1.Cl. The van der Waals surface area contributed by atoms with Crippen LogP contribution >= 0.6 is 12.4 Å². The molecule has 10 heteroatoms. The molecule has 3 N–H and O–H groups in total. The number of anilines is 2. The predicted octanol–water partition coefficient (Wildman–Crippen LogP) is 4.34. The van der Waals surface area contributed by atoms with Crippen LogP contribution in [-0.4, -0.2) is 27.3 Å². The van der Waals surface area contributed by atoms with E-state index in [4.69, 9.17) is 10.00 Å². The van der Waals surface area contributed by atoms with Gasteiger partial charge in [0.15, 0.2) is 11.5 Å². The van der Waals surface area contributed by atoms with Crippen molar-refractivity contribution in [2.45, 2.75) is 13.1 Å². The number of H-pyrrole nitrogens is 1. The van der Waals surface area contributed by atoms with Crippen molar-refractivity contribution in [3.63, 3.8) is 0 Å². The highest BCUT2D eigenvalue weighted by Gasteiger charge is 2.11. The monoisotopic (exact) mass is 465 g/mol. The van der Waals surface area contributed by atoms with Gasteiger partial charge in [0, 0.05) is 24.7 Å². The number of nitrogens with one attached hydrogen (secondary N) is 3. The molecular weight excluding hydrogens is 445 g/mol. The standard InChI is InChI=1S/C23H20FN7O.ClH/c1-32-21-8-16(12-26-11-15-2-5-17(24)6-3-15)4-7-19(21)20-9-22(31-30-20)29-23-14-27-18(10-25)13-28-23;/h2-9,13-14,26H,11-12H2,1H3,(H2,28,29,30,31);1H. The molecule has 2 aromatic heterocycles. The highest BCUT2D eigenvalue weighted by molar-refractivity contribution is 5.85. The second-order valence-corrected chi connectivity index (χ2v) is 6.96. The number of aromatic amines is 1. The fourth-order valence-corrected chi connectivity index (χ4v) is 3.13. The van der Waals surface area contributed by atoms with Crippen LogP contribution in [0.15, 0.2) is 60.9 Å². The molecule has 2 heterocycles. The Morgan fingerprint density at radius 3 is 2.45 bits per heavy atom. The molecule has 0 unspecified atom stereocenters. The molecule has 4 aromatic rings. The topological polar surface area (TPSA) is 112 Å². The van der Waals surface area contributed by atoms with E-state index in [1.54, 1.807) is 19.2 Å². The van der Waals surface area contributed by atoms with Crippen LogP contribution in [0.3, 0.4) is 0 Å². The third kappa shape index (κ3) is 6.04. The molecule has 0 saturated carbocycles. The van der Waals surface area contributed by atoms with E-state index < -0.39 is 0 Å². The van der Waals surface area contributed by atoms with Gasteiger partial charge in [-0.05, 0) is 35.4 Å². The van der Waals surface area contributed by atoms with Crippen LogP contribution < -0.4 is 15.4 Å². The molecular formula is C23H21ClFN7O. The van der Waals surface area contributed by atoms with E-state index in [-0.39, 0.29) is 23.9 Å².